The summed E-state index contributed by atoms with van der Waals surface area (Å²) in [6.45, 7) is 8.81. The molecule has 0 aliphatic carbocycles. The van der Waals surface area contributed by atoms with Gasteiger partial charge in [-0.15, -0.1) is 0 Å². The van der Waals surface area contributed by atoms with Crippen LogP contribution in [0, 0.1) is 0 Å². The molecule has 0 atom stereocenters. The summed E-state index contributed by atoms with van der Waals surface area (Å²) < 4.78 is 12.4. The lowest BCUT2D eigenvalue weighted by atomic mass is 10.1. The van der Waals surface area contributed by atoms with E-state index >= 15 is 0 Å². The maximum atomic E-state index is 12.9. The van der Waals surface area contributed by atoms with Crippen molar-refractivity contribution >= 4 is 28.8 Å². The van der Waals surface area contributed by atoms with E-state index in [0.29, 0.717) is 22.5 Å². The molecule has 33 heavy (non-hydrogen) atoms. The number of nitrogens with zero attached hydrogens (tertiary/aromatic N) is 4. The van der Waals surface area contributed by atoms with E-state index in [4.69, 9.17) is 9.15 Å². The average Bonchev–Trinajstić information content (AvgIpc) is 3.39. The number of likely N-dealkylation sites (N-methyl/N-ethyl adjacent to an activating group) is 1. The van der Waals surface area contributed by atoms with Gasteiger partial charge in [0.1, 0.15) is 5.69 Å². The number of carbonyl (C=O) groups is 3. The SMILES string of the molecule is CC(C)n1ncc2c(C(=O)OCC(=O)N(C)CC(=O)NC(C)(C)C)cc(-c3ccco3)nc21. The van der Waals surface area contributed by atoms with Crippen LogP contribution in [0.4, 0.5) is 0 Å². The van der Waals surface area contributed by atoms with Crippen LogP contribution in [0.2, 0.25) is 0 Å². The van der Waals surface area contributed by atoms with Crippen LogP contribution in [-0.4, -0.2) is 63.2 Å². The molecular formula is C23H29N5O5. The number of fused-ring (bicyclic) bond motifs is 1. The topological polar surface area (TPSA) is 120 Å². The van der Waals surface area contributed by atoms with E-state index in [2.05, 4.69) is 15.4 Å². The molecule has 176 valence electrons. The fourth-order valence-electron chi connectivity index (χ4n) is 3.19. The molecule has 10 heteroatoms. The Hall–Kier alpha value is -3.69. The van der Waals surface area contributed by atoms with Crippen molar-refractivity contribution in [1.82, 2.24) is 25.0 Å². The second-order valence-electron chi connectivity index (χ2n) is 9.08. The molecule has 0 spiro atoms. The zero-order valence-electron chi connectivity index (χ0n) is 19.7. The summed E-state index contributed by atoms with van der Waals surface area (Å²) in [6.07, 6.45) is 3.07. The molecule has 2 amide bonds. The Bertz CT molecular complexity index is 1160. The summed E-state index contributed by atoms with van der Waals surface area (Å²) in [4.78, 5) is 43.2. The first kappa shape index (κ1) is 24.0. The van der Waals surface area contributed by atoms with Crippen LogP contribution in [0.5, 0.6) is 0 Å². The minimum absolute atomic E-state index is 0.0141. The number of hydrogen-bond donors (Lipinski definition) is 1. The quantitative estimate of drug-likeness (QED) is 0.544. The Morgan fingerprint density at radius 1 is 1.27 bits per heavy atom. The normalized spacial score (nSPS) is 11.6. The number of hydrogen-bond acceptors (Lipinski definition) is 7. The molecule has 3 aromatic heterocycles. The van der Waals surface area contributed by atoms with Crippen LogP contribution in [0.1, 0.15) is 51.0 Å². The van der Waals surface area contributed by atoms with Gasteiger partial charge in [0.05, 0.1) is 30.0 Å². The van der Waals surface area contributed by atoms with E-state index in [1.807, 2.05) is 34.6 Å². The number of ether oxygens (including phenoxy) is 1. The highest BCUT2D eigenvalue weighted by molar-refractivity contribution is 6.04. The third-order valence-corrected chi connectivity index (χ3v) is 4.70. The zero-order valence-corrected chi connectivity index (χ0v) is 19.7. The van der Waals surface area contributed by atoms with Crippen molar-refractivity contribution in [3.63, 3.8) is 0 Å². The van der Waals surface area contributed by atoms with Crippen molar-refractivity contribution in [3.8, 4) is 11.5 Å². The second kappa shape index (κ2) is 9.43. The molecule has 1 N–H and O–H groups in total. The minimum Gasteiger partial charge on any atom is -0.463 e. The molecule has 0 saturated carbocycles. The predicted molar refractivity (Wildman–Crippen MR) is 121 cm³/mol. The largest absolute Gasteiger partial charge is 0.463 e. The molecule has 0 aromatic carbocycles. The van der Waals surface area contributed by atoms with Crippen LogP contribution in [0.25, 0.3) is 22.5 Å². The third kappa shape index (κ3) is 5.76. The number of amides is 2. The molecule has 0 unspecified atom stereocenters. The number of carbonyl (C=O) groups excluding carboxylic acids is 3. The Kier molecular flexibility index (Phi) is 6.85. The van der Waals surface area contributed by atoms with Gasteiger partial charge >= 0.3 is 5.97 Å². The Morgan fingerprint density at radius 2 is 2.00 bits per heavy atom. The van der Waals surface area contributed by atoms with E-state index in [9.17, 15) is 14.4 Å². The van der Waals surface area contributed by atoms with Gasteiger partial charge in [0, 0.05) is 18.6 Å². The van der Waals surface area contributed by atoms with Crippen LogP contribution >= 0.6 is 0 Å². The molecule has 3 aromatic rings. The fraction of sp³-hybridized carbons (Fsp3) is 0.435. The molecule has 0 aliphatic rings. The number of pyridine rings is 1. The van der Waals surface area contributed by atoms with Crippen LogP contribution < -0.4 is 5.32 Å². The van der Waals surface area contributed by atoms with Crippen LogP contribution in [-0.2, 0) is 14.3 Å². The maximum absolute atomic E-state index is 12.9. The van der Waals surface area contributed by atoms with Gasteiger partial charge in [-0.3, -0.25) is 9.59 Å². The Balaban J connectivity index is 1.78. The van der Waals surface area contributed by atoms with E-state index < -0.39 is 24.0 Å². The Morgan fingerprint density at radius 3 is 2.61 bits per heavy atom. The van der Waals surface area contributed by atoms with E-state index in [1.54, 1.807) is 29.1 Å². The van der Waals surface area contributed by atoms with Gasteiger partial charge in [-0.05, 0) is 52.8 Å². The first-order chi connectivity index (χ1) is 15.5. The van der Waals surface area contributed by atoms with E-state index in [0.717, 1.165) is 0 Å². The minimum atomic E-state index is -0.695. The maximum Gasteiger partial charge on any atom is 0.339 e. The first-order valence-corrected chi connectivity index (χ1v) is 10.6. The summed E-state index contributed by atoms with van der Waals surface area (Å²) in [5.41, 5.74) is 0.767. The fourth-order valence-corrected chi connectivity index (χ4v) is 3.19. The average molecular weight is 456 g/mol. The highest BCUT2D eigenvalue weighted by Gasteiger charge is 2.23. The predicted octanol–water partition coefficient (Wildman–Crippen LogP) is 2.80. The van der Waals surface area contributed by atoms with Crippen molar-refractivity contribution in [3.05, 3.63) is 36.2 Å². The molecule has 0 aliphatic heterocycles. The number of rotatable bonds is 7. The standard InChI is InChI=1S/C23H29N5O5/c1-14(2)28-21-16(11-24-28)15(10-17(25-21)18-8-7-9-32-18)22(31)33-13-20(30)27(6)12-19(29)26-23(3,4)5/h7-11,14H,12-13H2,1-6H3,(H,26,29). The molecule has 3 rings (SSSR count). The lowest BCUT2D eigenvalue weighted by Gasteiger charge is -2.23. The van der Waals surface area contributed by atoms with Gasteiger partial charge in [0.2, 0.25) is 5.91 Å². The molecule has 10 nitrogen and oxygen atoms in total. The number of furan rings is 1. The highest BCUT2D eigenvalue weighted by Crippen LogP contribution is 2.27. The summed E-state index contributed by atoms with van der Waals surface area (Å²) in [5.74, 6) is -1.01. The number of nitrogens with one attached hydrogen (secondary N) is 1. The zero-order chi connectivity index (χ0) is 24.3. The van der Waals surface area contributed by atoms with E-state index in [1.165, 1.54) is 18.2 Å². The first-order valence-electron chi connectivity index (χ1n) is 10.6. The lowest BCUT2D eigenvalue weighted by Crippen LogP contribution is -2.46. The highest BCUT2D eigenvalue weighted by atomic mass is 16.5. The molecular weight excluding hydrogens is 426 g/mol. The van der Waals surface area contributed by atoms with Crippen molar-refractivity contribution in [2.75, 3.05) is 20.2 Å². The summed E-state index contributed by atoms with van der Waals surface area (Å²) >= 11 is 0. The van der Waals surface area contributed by atoms with Crippen LogP contribution in [0.3, 0.4) is 0 Å². The monoisotopic (exact) mass is 455 g/mol. The lowest BCUT2D eigenvalue weighted by molar-refractivity contribution is -0.137. The van der Waals surface area contributed by atoms with Crippen LogP contribution in [0.15, 0.2) is 35.1 Å². The smallest absolute Gasteiger partial charge is 0.339 e. The van der Waals surface area contributed by atoms with Crippen molar-refractivity contribution in [1.29, 1.82) is 0 Å². The van der Waals surface area contributed by atoms with Gasteiger partial charge in [0.25, 0.3) is 5.91 Å². The molecule has 3 heterocycles. The van der Waals surface area contributed by atoms with Gasteiger partial charge in [-0.2, -0.15) is 5.10 Å². The second-order valence-corrected chi connectivity index (χ2v) is 9.08. The number of esters is 1. The summed E-state index contributed by atoms with van der Waals surface area (Å²) in [6, 6.07) is 5.03. The van der Waals surface area contributed by atoms with E-state index in [-0.39, 0.29) is 24.1 Å². The van der Waals surface area contributed by atoms with Crippen molar-refractivity contribution < 1.29 is 23.5 Å². The van der Waals surface area contributed by atoms with Crippen molar-refractivity contribution in [2.24, 2.45) is 0 Å². The van der Waals surface area contributed by atoms with Gasteiger partial charge < -0.3 is 19.4 Å². The van der Waals surface area contributed by atoms with Gasteiger partial charge in [0.15, 0.2) is 18.0 Å². The summed E-state index contributed by atoms with van der Waals surface area (Å²) in [7, 11) is 1.48. The van der Waals surface area contributed by atoms with Gasteiger partial charge in [-0.1, -0.05) is 0 Å². The summed E-state index contributed by atoms with van der Waals surface area (Å²) in [5, 5.41) is 7.63. The third-order valence-electron chi connectivity index (χ3n) is 4.70. The van der Waals surface area contributed by atoms with Gasteiger partial charge in [-0.25, -0.2) is 14.5 Å². The Labute approximate surface area is 191 Å². The molecule has 0 saturated heterocycles. The molecule has 0 fully saturated rings. The number of aromatic nitrogens is 3. The van der Waals surface area contributed by atoms with Crippen molar-refractivity contribution in [2.45, 2.75) is 46.2 Å². The molecule has 0 radical (unpaired) electrons. The molecule has 0 bridgehead atoms.